The summed E-state index contributed by atoms with van der Waals surface area (Å²) in [6, 6.07) is 4.22. The molecule has 1 aromatic carbocycles. The molecule has 2 unspecified atom stereocenters. The van der Waals surface area contributed by atoms with Gasteiger partial charge in [0.15, 0.2) is 0 Å². The van der Waals surface area contributed by atoms with Gasteiger partial charge in [-0.05, 0) is 31.0 Å². The third-order valence-corrected chi connectivity index (χ3v) is 2.67. The fourth-order valence-electron chi connectivity index (χ4n) is 1.65. The number of ether oxygens (including phenoxy) is 1. The largest absolute Gasteiger partial charge is 0.466 e. The number of aliphatic hydroxyl groups is 2. The van der Waals surface area contributed by atoms with Crippen molar-refractivity contribution in [2.75, 3.05) is 6.61 Å². The van der Waals surface area contributed by atoms with Crippen LogP contribution in [-0.4, -0.2) is 28.9 Å². The lowest BCUT2D eigenvalue weighted by Gasteiger charge is -2.19. The summed E-state index contributed by atoms with van der Waals surface area (Å²) in [4.78, 5) is 11.2. The normalized spacial score (nSPS) is 14.1. The standard InChI is InChI=1S/C13H17FO4/c1-3-18-12(16)7-11(15)13(17)9-5-4-6-10(14)8(9)2/h4-6,11,13,15,17H,3,7H2,1-2H3. The number of carbonyl (C=O) groups is 1. The maximum absolute atomic E-state index is 13.3. The first-order valence-electron chi connectivity index (χ1n) is 5.74. The van der Waals surface area contributed by atoms with Crippen LogP contribution in [0.3, 0.4) is 0 Å². The molecule has 100 valence electrons. The lowest BCUT2D eigenvalue weighted by molar-refractivity contribution is -0.147. The summed E-state index contributed by atoms with van der Waals surface area (Å²) in [6.45, 7) is 3.36. The SMILES string of the molecule is CCOC(=O)CC(O)C(O)c1cccc(F)c1C. The minimum absolute atomic E-state index is 0.209. The lowest BCUT2D eigenvalue weighted by atomic mass is 9.97. The molecule has 0 fully saturated rings. The Hall–Kier alpha value is -1.46. The quantitative estimate of drug-likeness (QED) is 0.783. The molecule has 2 N–H and O–H groups in total. The summed E-state index contributed by atoms with van der Waals surface area (Å²) < 4.78 is 18.0. The van der Waals surface area contributed by atoms with Crippen molar-refractivity contribution in [3.63, 3.8) is 0 Å². The van der Waals surface area contributed by atoms with Gasteiger partial charge in [-0.3, -0.25) is 4.79 Å². The predicted molar refractivity (Wildman–Crippen MR) is 63.4 cm³/mol. The Morgan fingerprint density at radius 3 is 2.72 bits per heavy atom. The molecule has 0 aliphatic heterocycles. The van der Waals surface area contributed by atoms with Crippen LogP contribution in [0.4, 0.5) is 4.39 Å². The van der Waals surface area contributed by atoms with E-state index >= 15 is 0 Å². The van der Waals surface area contributed by atoms with Crippen molar-refractivity contribution in [2.24, 2.45) is 0 Å². The number of hydrogen-bond donors (Lipinski definition) is 2. The minimum atomic E-state index is -1.32. The van der Waals surface area contributed by atoms with E-state index in [4.69, 9.17) is 0 Å². The fraction of sp³-hybridized carbons (Fsp3) is 0.462. The monoisotopic (exact) mass is 256 g/mol. The highest BCUT2D eigenvalue weighted by atomic mass is 19.1. The van der Waals surface area contributed by atoms with E-state index in [1.807, 2.05) is 0 Å². The van der Waals surface area contributed by atoms with E-state index < -0.39 is 24.0 Å². The highest BCUT2D eigenvalue weighted by Crippen LogP contribution is 2.24. The molecule has 0 spiro atoms. The van der Waals surface area contributed by atoms with Crippen molar-refractivity contribution in [2.45, 2.75) is 32.5 Å². The molecule has 0 radical (unpaired) electrons. The van der Waals surface area contributed by atoms with Gasteiger partial charge in [0.25, 0.3) is 0 Å². The molecule has 4 nitrogen and oxygen atoms in total. The summed E-state index contributed by atoms with van der Waals surface area (Å²) in [7, 11) is 0. The summed E-state index contributed by atoms with van der Waals surface area (Å²) in [5, 5.41) is 19.6. The van der Waals surface area contributed by atoms with Crippen molar-refractivity contribution >= 4 is 5.97 Å². The second-order valence-electron chi connectivity index (χ2n) is 3.98. The topological polar surface area (TPSA) is 66.8 Å². The van der Waals surface area contributed by atoms with Crippen molar-refractivity contribution in [1.82, 2.24) is 0 Å². The molecule has 0 amide bonds. The Labute approximate surface area is 105 Å². The smallest absolute Gasteiger partial charge is 0.308 e. The van der Waals surface area contributed by atoms with E-state index in [1.54, 1.807) is 6.92 Å². The summed E-state index contributed by atoms with van der Waals surface area (Å²) >= 11 is 0. The van der Waals surface area contributed by atoms with Crippen LogP contribution in [-0.2, 0) is 9.53 Å². The van der Waals surface area contributed by atoms with E-state index in [2.05, 4.69) is 4.74 Å². The van der Waals surface area contributed by atoms with Crippen molar-refractivity contribution in [3.05, 3.63) is 35.1 Å². The summed E-state index contributed by atoms with van der Waals surface area (Å²) in [5.41, 5.74) is 0.528. The summed E-state index contributed by atoms with van der Waals surface area (Å²) in [5.74, 6) is -1.06. The van der Waals surface area contributed by atoms with Crippen LogP contribution < -0.4 is 0 Å². The number of esters is 1. The van der Waals surface area contributed by atoms with Gasteiger partial charge in [-0.2, -0.15) is 0 Å². The van der Waals surface area contributed by atoms with Gasteiger partial charge in [-0.15, -0.1) is 0 Å². The maximum Gasteiger partial charge on any atom is 0.308 e. The van der Waals surface area contributed by atoms with Crippen LogP contribution in [0.1, 0.15) is 30.6 Å². The molecular weight excluding hydrogens is 239 g/mol. The van der Waals surface area contributed by atoms with Gasteiger partial charge in [-0.25, -0.2) is 4.39 Å². The van der Waals surface area contributed by atoms with Gasteiger partial charge < -0.3 is 14.9 Å². The van der Waals surface area contributed by atoms with E-state index in [0.717, 1.165) is 0 Å². The van der Waals surface area contributed by atoms with E-state index in [9.17, 15) is 19.4 Å². The summed E-state index contributed by atoms with van der Waals surface area (Å²) in [6.07, 6.45) is -2.96. The van der Waals surface area contributed by atoms with Crippen LogP contribution in [0, 0.1) is 12.7 Å². The highest BCUT2D eigenvalue weighted by molar-refractivity contribution is 5.70. The van der Waals surface area contributed by atoms with E-state index in [0.29, 0.717) is 0 Å². The molecule has 0 aliphatic carbocycles. The second kappa shape index (κ2) is 6.47. The zero-order valence-electron chi connectivity index (χ0n) is 10.4. The third-order valence-electron chi connectivity index (χ3n) is 2.67. The highest BCUT2D eigenvalue weighted by Gasteiger charge is 2.24. The Kier molecular flexibility index (Phi) is 5.25. The number of hydrogen-bond acceptors (Lipinski definition) is 4. The van der Waals surface area contributed by atoms with Crippen molar-refractivity contribution < 1.29 is 24.1 Å². The van der Waals surface area contributed by atoms with Gasteiger partial charge in [-0.1, -0.05) is 12.1 Å². The lowest BCUT2D eigenvalue weighted by Crippen LogP contribution is -2.23. The van der Waals surface area contributed by atoms with Crippen LogP contribution in [0.5, 0.6) is 0 Å². The first-order valence-corrected chi connectivity index (χ1v) is 5.74. The van der Waals surface area contributed by atoms with Gasteiger partial charge >= 0.3 is 5.97 Å². The molecule has 2 atom stereocenters. The first kappa shape index (κ1) is 14.6. The first-order chi connectivity index (χ1) is 8.47. The van der Waals surface area contributed by atoms with Crippen LogP contribution in [0.15, 0.2) is 18.2 Å². The molecule has 0 aromatic heterocycles. The van der Waals surface area contributed by atoms with Crippen molar-refractivity contribution in [3.8, 4) is 0 Å². The number of carbonyl (C=O) groups excluding carboxylic acids is 1. The average molecular weight is 256 g/mol. The maximum atomic E-state index is 13.3. The molecule has 0 saturated carbocycles. The van der Waals surface area contributed by atoms with Gasteiger partial charge in [0, 0.05) is 0 Å². The number of rotatable bonds is 5. The minimum Gasteiger partial charge on any atom is -0.466 e. The average Bonchev–Trinajstić information content (AvgIpc) is 2.32. The molecule has 0 bridgehead atoms. The second-order valence-corrected chi connectivity index (χ2v) is 3.98. The molecular formula is C13H17FO4. The Morgan fingerprint density at radius 1 is 1.44 bits per heavy atom. The number of halogens is 1. The van der Waals surface area contributed by atoms with Gasteiger partial charge in [0.2, 0.25) is 0 Å². The third kappa shape index (κ3) is 3.51. The molecule has 5 heteroatoms. The van der Waals surface area contributed by atoms with E-state index in [1.165, 1.54) is 25.1 Å². The molecule has 0 heterocycles. The zero-order chi connectivity index (χ0) is 13.7. The van der Waals surface area contributed by atoms with Gasteiger partial charge in [0.05, 0.1) is 19.1 Å². The molecule has 18 heavy (non-hydrogen) atoms. The van der Waals surface area contributed by atoms with Gasteiger partial charge in [0.1, 0.15) is 11.9 Å². The van der Waals surface area contributed by atoms with E-state index in [-0.39, 0.29) is 24.2 Å². The zero-order valence-corrected chi connectivity index (χ0v) is 10.4. The number of aliphatic hydroxyl groups excluding tert-OH is 2. The predicted octanol–water partition coefficient (Wildman–Crippen LogP) is 1.48. The Balaban J connectivity index is 2.77. The van der Waals surface area contributed by atoms with Crippen molar-refractivity contribution in [1.29, 1.82) is 0 Å². The molecule has 0 aliphatic rings. The fourth-order valence-corrected chi connectivity index (χ4v) is 1.65. The molecule has 1 rings (SSSR count). The van der Waals surface area contributed by atoms with Crippen LogP contribution in [0.2, 0.25) is 0 Å². The Bertz CT molecular complexity index is 419. The molecule has 1 aromatic rings. The van der Waals surface area contributed by atoms with Crippen LogP contribution >= 0.6 is 0 Å². The van der Waals surface area contributed by atoms with Crippen LogP contribution in [0.25, 0.3) is 0 Å². The molecule has 0 saturated heterocycles. The Morgan fingerprint density at radius 2 is 2.11 bits per heavy atom. The number of benzene rings is 1.